The molecule has 2 aromatic heterocycles. The fourth-order valence-corrected chi connectivity index (χ4v) is 3.46. The quantitative estimate of drug-likeness (QED) is 0.750. The summed E-state index contributed by atoms with van der Waals surface area (Å²) in [7, 11) is 0. The Bertz CT molecular complexity index is 904. The van der Waals surface area contributed by atoms with Crippen molar-refractivity contribution in [3.63, 3.8) is 0 Å². The van der Waals surface area contributed by atoms with Crippen molar-refractivity contribution in [1.82, 2.24) is 10.3 Å². The lowest BCUT2D eigenvalue weighted by Gasteiger charge is -2.16. The molecule has 0 fully saturated rings. The lowest BCUT2D eigenvalue weighted by molar-refractivity contribution is 0.0935. The van der Waals surface area contributed by atoms with Gasteiger partial charge in [-0.05, 0) is 36.8 Å². The van der Waals surface area contributed by atoms with Crippen LogP contribution in [0.25, 0.3) is 10.8 Å². The number of rotatable bonds is 4. The Labute approximate surface area is 154 Å². The van der Waals surface area contributed by atoms with Gasteiger partial charge in [0.1, 0.15) is 5.69 Å². The average Bonchev–Trinajstić information content (AvgIpc) is 3.29. The van der Waals surface area contributed by atoms with Crippen molar-refractivity contribution in [1.29, 1.82) is 0 Å². The minimum absolute atomic E-state index is 0.187. The number of aromatic nitrogens is 1. The monoisotopic (exact) mass is 370 g/mol. The summed E-state index contributed by atoms with van der Waals surface area (Å²) in [5.41, 5.74) is 1.33. The van der Waals surface area contributed by atoms with Crippen LogP contribution in [-0.2, 0) is 0 Å². The molecule has 134 valence electrons. The van der Waals surface area contributed by atoms with Crippen molar-refractivity contribution >= 4 is 17.2 Å². The fourth-order valence-electron chi connectivity index (χ4n) is 2.69. The van der Waals surface area contributed by atoms with E-state index < -0.39 is 0 Å². The zero-order valence-electron chi connectivity index (χ0n) is 14.2. The molecule has 0 bridgehead atoms. The molecule has 0 spiro atoms. The minimum Gasteiger partial charge on any atom is -0.490 e. The SMILES string of the molecule is CC(NC(=O)c1csc(-c2ccco2)n1)c1ccc2c(c1)OCCCO2. The van der Waals surface area contributed by atoms with Gasteiger partial charge in [-0.1, -0.05) is 6.07 Å². The van der Waals surface area contributed by atoms with Crippen molar-refractivity contribution in [2.24, 2.45) is 0 Å². The first-order chi connectivity index (χ1) is 12.7. The van der Waals surface area contributed by atoms with Crippen LogP contribution in [0, 0.1) is 0 Å². The number of benzene rings is 1. The van der Waals surface area contributed by atoms with Crippen molar-refractivity contribution < 1.29 is 18.7 Å². The molecule has 1 atom stereocenters. The highest BCUT2D eigenvalue weighted by atomic mass is 32.1. The van der Waals surface area contributed by atoms with E-state index in [4.69, 9.17) is 13.9 Å². The first-order valence-corrected chi connectivity index (χ1v) is 9.28. The van der Waals surface area contributed by atoms with Gasteiger partial charge in [0.15, 0.2) is 22.3 Å². The van der Waals surface area contributed by atoms with E-state index in [-0.39, 0.29) is 11.9 Å². The molecule has 4 rings (SSSR count). The third kappa shape index (κ3) is 3.43. The number of furan rings is 1. The Morgan fingerprint density at radius 2 is 2.08 bits per heavy atom. The maximum atomic E-state index is 12.5. The van der Waals surface area contributed by atoms with Gasteiger partial charge in [-0.25, -0.2) is 4.98 Å². The van der Waals surface area contributed by atoms with Gasteiger partial charge >= 0.3 is 0 Å². The number of carbonyl (C=O) groups excluding carboxylic acids is 1. The van der Waals surface area contributed by atoms with E-state index in [1.54, 1.807) is 17.7 Å². The topological polar surface area (TPSA) is 73.6 Å². The molecule has 3 aromatic rings. The maximum Gasteiger partial charge on any atom is 0.271 e. The molecule has 1 aromatic carbocycles. The summed E-state index contributed by atoms with van der Waals surface area (Å²) in [6.45, 7) is 3.21. The van der Waals surface area contributed by atoms with Crippen LogP contribution in [0.2, 0.25) is 0 Å². The second-order valence-electron chi connectivity index (χ2n) is 5.97. The first-order valence-electron chi connectivity index (χ1n) is 8.40. The summed E-state index contributed by atoms with van der Waals surface area (Å²) in [5.74, 6) is 1.89. The van der Waals surface area contributed by atoms with Crippen LogP contribution in [-0.4, -0.2) is 24.1 Å². The number of ether oxygens (including phenoxy) is 2. The van der Waals surface area contributed by atoms with Gasteiger partial charge in [0.2, 0.25) is 0 Å². The van der Waals surface area contributed by atoms with E-state index in [0.717, 1.165) is 23.5 Å². The Hall–Kier alpha value is -2.80. The van der Waals surface area contributed by atoms with E-state index in [1.807, 2.05) is 31.2 Å². The normalized spacial score (nSPS) is 14.5. The van der Waals surface area contributed by atoms with E-state index in [0.29, 0.717) is 29.7 Å². The molecule has 1 unspecified atom stereocenters. The lowest BCUT2D eigenvalue weighted by atomic mass is 10.1. The van der Waals surface area contributed by atoms with Crippen LogP contribution in [0.5, 0.6) is 11.5 Å². The molecule has 6 nitrogen and oxygen atoms in total. The molecule has 0 radical (unpaired) electrons. The molecular formula is C19H18N2O4S. The van der Waals surface area contributed by atoms with Crippen molar-refractivity contribution in [3.05, 3.63) is 53.2 Å². The highest BCUT2D eigenvalue weighted by Crippen LogP contribution is 2.32. The fraction of sp³-hybridized carbons (Fsp3) is 0.263. The second-order valence-corrected chi connectivity index (χ2v) is 6.83. The summed E-state index contributed by atoms with van der Waals surface area (Å²) >= 11 is 1.38. The van der Waals surface area contributed by atoms with E-state index in [2.05, 4.69) is 10.3 Å². The van der Waals surface area contributed by atoms with Gasteiger partial charge in [-0.15, -0.1) is 11.3 Å². The van der Waals surface area contributed by atoms with Crippen molar-refractivity contribution in [3.8, 4) is 22.3 Å². The minimum atomic E-state index is -0.223. The molecule has 0 aliphatic carbocycles. The highest BCUT2D eigenvalue weighted by molar-refractivity contribution is 7.13. The molecule has 7 heteroatoms. The number of nitrogens with one attached hydrogen (secondary N) is 1. The average molecular weight is 370 g/mol. The number of carbonyl (C=O) groups is 1. The van der Waals surface area contributed by atoms with Crippen LogP contribution >= 0.6 is 11.3 Å². The number of amides is 1. The van der Waals surface area contributed by atoms with Gasteiger partial charge in [0, 0.05) is 11.8 Å². The lowest BCUT2D eigenvalue weighted by Crippen LogP contribution is -2.26. The maximum absolute atomic E-state index is 12.5. The summed E-state index contributed by atoms with van der Waals surface area (Å²) < 4.78 is 16.7. The molecule has 3 heterocycles. The zero-order valence-corrected chi connectivity index (χ0v) is 15.0. The molecule has 1 aliphatic rings. The number of nitrogens with zero attached hydrogens (tertiary/aromatic N) is 1. The Morgan fingerprint density at radius 3 is 2.88 bits per heavy atom. The van der Waals surface area contributed by atoms with Gasteiger partial charge in [-0.3, -0.25) is 4.79 Å². The number of fused-ring (bicyclic) bond motifs is 1. The van der Waals surface area contributed by atoms with E-state index >= 15 is 0 Å². The standard InChI is InChI=1S/C19H18N2O4S/c1-12(13-5-6-15-17(10-13)25-9-3-8-23-15)20-18(22)14-11-26-19(21-14)16-4-2-7-24-16/h2,4-7,10-12H,3,8-9H2,1H3,(H,20,22). The van der Waals surface area contributed by atoms with Gasteiger partial charge in [-0.2, -0.15) is 0 Å². The largest absolute Gasteiger partial charge is 0.490 e. The smallest absolute Gasteiger partial charge is 0.271 e. The highest BCUT2D eigenvalue weighted by Gasteiger charge is 2.18. The van der Waals surface area contributed by atoms with Gasteiger partial charge in [0.25, 0.3) is 5.91 Å². The third-order valence-electron chi connectivity index (χ3n) is 4.09. The first kappa shape index (κ1) is 16.7. The molecule has 1 amide bonds. The molecule has 0 saturated carbocycles. The zero-order chi connectivity index (χ0) is 17.9. The second kappa shape index (κ2) is 7.21. The van der Waals surface area contributed by atoms with Crippen molar-refractivity contribution in [2.75, 3.05) is 13.2 Å². The number of hydrogen-bond acceptors (Lipinski definition) is 6. The summed E-state index contributed by atoms with van der Waals surface area (Å²) in [6, 6.07) is 9.17. The molecule has 26 heavy (non-hydrogen) atoms. The predicted octanol–water partition coefficient (Wildman–Crippen LogP) is 4.06. The van der Waals surface area contributed by atoms with E-state index in [1.165, 1.54) is 11.3 Å². The van der Waals surface area contributed by atoms with Crippen LogP contribution < -0.4 is 14.8 Å². The van der Waals surface area contributed by atoms with Gasteiger partial charge in [0.05, 0.1) is 25.5 Å². The van der Waals surface area contributed by atoms with Crippen LogP contribution in [0.3, 0.4) is 0 Å². The number of thiazole rings is 1. The summed E-state index contributed by atoms with van der Waals surface area (Å²) in [5, 5.41) is 5.39. The summed E-state index contributed by atoms with van der Waals surface area (Å²) in [6.07, 6.45) is 2.45. The predicted molar refractivity (Wildman–Crippen MR) is 97.7 cm³/mol. The van der Waals surface area contributed by atoms with Crippen LogP contribution in [0.1, 0.15) is 35.4 Å². The molecule has 1 aliphatic heterocycles. The Morgan fingerprint density at radius 1 is 1.23 bits per heavy atom. The Balaban J connectivity index is 1.47. The van der Waals surface area contributed by atoms with Crippen LogP contribution in [0.4, 0.5) is 0 Å². The number of hydrogen-bond donors (Lipinski definition) is 1. The van der Waals surface area contributed by atoms with Crippen molar-refractivity contribution in [2.45, 2.75) is 19.4 Å². The summed E-state index contributed by atoms with van der Waals surface area (Å²) in [4.78, 5) is 16.9. The molecule has 1 N–H and O–H groups in total. The molecular weight excluding hydrogens is 352 g/mol. The van der Waals surface area contributed by atoms with Gasteiger partial charge < -0.3 is 19.2 Å². The molecule has 0 saturated heterocycles. The third-order valence-corrected chi connectivity index (χ3v) is 4.94. The van der Waals surface area contributed by atoms with E-state index in [9.17, 15) is 4.79 Å². The Kier molecular flexibility index (Phi) is 4.62. The van der Waals surface area contributed by atoms with Crippen LogP contribution in [0.15, 0.2) is 46.4 Å².